The molecule has 0 unspecified atom stereocenters. The van der Waals surface area contributed by atoms with Gasteiger partial charge in [-0.25, -0.2) is 13.1 Å². The number of hydrogen-bond acceptors (Lipinski definition) is 6. The standard InChI is InChI=1S/C24H23N3O6S/c1-15(28)27-34(31,32)20-10-8-19(9-11-20)26-24(30)21-12-16-4-2-3-5-17(16)13-22(21)33-14-23(29)25-18-6-7-18/h2-5,8-13,18H,6-7,14H2,1H3,(H,25,29)(H,26,30)(H,27,28). The van der Waals surface area contributed by atoms with Gasteiger partial charge in [-0.2, -0.15) is 0 Å². The van der Waals surface area contributed by atoms with Crippen LogP contribution < -0.4 is 20.1 Å². The van der Waals surface area contributed by atoms with Crippen molar-refractivity contribution >= 4 is 44.2 Å². The summed E-state index contributed by atoms with van der Waals surface area (Å²) in [5.74, 6) is -1.18. The van der Waals surface area contributed by atoms with Crippen LogP contribution in [0.25, 0.3) is 10.8 Å². The summed E-state index contributed by atoms with van der Waals surface area (Å²) >= 11 is 0. The van der Waals surface area contributed by atoms with Crippen molar-refractivity contribution in [2.45, 2.75) is 30.7 Å². The molecular weight excluding hydrogens is 458 g/mol. The number of rotatable bonds is 8. The molecule has 0 heterocycles. The Morgan fingerprint density at radius 2 is 1.62 bits per heavy atom. The molecule has 0 radical (unpaired) electrons. The molecule has 3 N–H and O–H groups in total. The van der Waals surface area contributed by atoms with E-state index >= 15 is 0 Å². The van der Waals surface area contributed by atoms with E-state index in [1.165, 1.54) is 24.3 Å². The van der Waals surface area contributed by atoms with Gasteiger partial charge < -0.3 is 15.4 Å². The molecule has 3 aromatic rings. The highest BCUT2D eigenvalue weighted by Gasteiger charge is 2.24. The van der Waals surface area contributed by atoms with E-state index in [-0.39, 0.29) is 34.8 Å². The quantitative estimate of drug-likeness (QED) is 0.453. The Balaban J connectivity index is 1.54. The van der Waals surface area contributed by atoms with Crippen LogP contribution in [0.4, 0.5) is 5.69 Å². The number of fused-ring (bicyclic) bond motifs is 1. The first-order chi connectivity index (χ1) is 16.2. The fourth-order valence-electron chi connectivity index (χ4n) is 3.32. The highest BCUT2D eigenvalue weighted by Crippen LogP contribution is 2.27. The van der Waals surface area contributed by atoms with Crippen molar-refractivity contribution in [3.05, 3.63) is 66.2 Å². The van der Waals surface area contributed by atoms with E-state index in [0.29, 0.717) is 5.69 Å². The number of sulfonamides is 1. The van der Waals surface area contributed by atoms with Gasteiger partial charge >= 0.3 is 0 Å². The summed E-state index contributed by atoms with van der Waals surface area (Å²) in [4.78, 5) is 36.1. The number of nitrogens with one attached hydrogen (secondary N) is 3. The number of ether oxygens (including phenoxy) is 1. The molecule has 4 rings (SSSR count). The zero-order valence-electron chi connectivity index (χ0n) is 18.3. The maximum Gasteiger partial charge on any atom is 0.264 e. The summed E-state index contributed by atoms with van der Waals surface area (Å²) in [5, 5.41) is 7.22. The molecule has 0 spiro atoms. The van der Waals surface area contributed by atoms with Crippen molar-refractivity contribution in [1.82, 2.24) is 10.0 Å². The van der Waals surface area contributed by atoms with Crippen LogP contribution in [0.2, 0.25) is 0 Å². The smallest absolute Gasteiger partial charge is 0.264 e. The van der Waals surface area contributed by atoms with Crippen molar-refractivity contribution < 1.29 is 27.5 Å². The molecule has 3 amide bonds. The van der Waals surface area contributed by atoms with Gasteiger partial charge in [-0.3, -0.25) is 14.4 Å². The predicted molar refractivity (Wildman–Crippen MR) is 126 cm³/mol. The van der Waals surface area contributed by atoms with Crippen molar-refractivity contribution in [3.8, 4) is 5.75 Å². The summed E-state index contributed by atoms with van der Waals surface area (Å²) < 4.78 is 31.8. The second kappa shape index (κ2) is 9.52. The SMILES string of the molecule is CC(=O)NS(=O)(=O)c1ccc(NC(=O)c2cc3ccccc3cc2OCC(=O)NC2CC2)cc1. The fourth-order valence-corrected chi connectivity index (χ4v) is 4.31. The van der Waals surface area contributed by atoms with Crippen LogP contribution >= 0.6 is 0 Å². The lowest BCUT2D eigenvalue weighted by Gasteiger charge is -2.14. The third kappa shape index (κ3) is 5.70. The third-order valence-electron chi connectivity index (χ3n) is 5.09. The second-order valence-electron chi connectivity index (χ2n) is 7.97. The normalized spacial score (nSPS) is 13.2. The first kappa shape index (κ1) is 23.2. The Morgan fingerprint density at radius 1 is 0.971 bits per heavy atom. The molecule has 0 bridgehead atoms. The molecule has 1 fully saturated rings. The Labute approximate surface area is 196 Å². The minimum absolute atomic E-state index is 0.114. The van der Waals surface area contributed by atoms with Crippen LogP contribution in [0.5, 0.6) is 5.75 Å². The van der Waals surface area contributed by atoms with Crippen molar-refractivity contribution in [2.75, 3.05) is 11.9 Å². The Bertz CT molecular complexity index is 1370. The first-order valence-corrected chi connectivity index (χ1v) is 12.1. The molecule has 0 saturated heterocycles. The maximum atomic E-state index is 13.1. The van der Waals surface area contributed by atoms with Crippen molar-refractivity contribution in [1.29, 1.82) is 0 Å². The van der Waals surface area contributed by atoms with E-state index < -0.39 is 21.8 Å². The summed E-state index contributed by atoms with van der Waals surface area (Å²) in [7, 11) is -3.98. The predicted octanol–water partition coefficient (Wildman–Crippen LogP) is 2.57. The number of anilines is 1. The zero-order valence-corrected chi connectivity index (χ0v) is 19.1. The molecule has 9 nitrogen and oxygen atoms in total. The number of benzene rings is 3. The van der Waals surface area contributed by atoms with E-state index in [2.05, 4.69) is 10.6 Å². The molecule has 1 aliphatic rings. The Morgan fingerprint density at radius 3 is 2.24 bits per heavy atom. The maximum absolute atomic E-state index is 13.1. The van der Waals surface area contributed by atoms with Gasteiger partial charge in [0.25, 0.3) is 21.8 Å². The van der Waals surface area contributed by atoms with Gasteiger partial charge in [-0.1, -0.05) is 24.3 Å². The average molecular weight is 482 g/mol. The molecular formula is C24H23N3O6S. The van der Waals surface area contributed by atoms with E-state index in [9.17, 15) is 22.8 Å². The number of carbonyl (C=O) groups is 3. The minimum Gasteiger partial charge on any atom is -0.483 e. The Hall–Kier alpha value is -3.92. The lowest BCUT2D eigenvalue weighted by molar-refractivity contribution is -0.123. The molecule has 34 heavy (non-hydrogen) atoms. The van der Waals surface area contributed by atoms with Gasteiger partial charge in [0.05, 0.1) is 10.5 Å². The summed E-state index contributed by atoms with van der Waals surface area (Å²) in [6.45, 7) is 0.885. The number of amides is 3. The fraction of sp³-hybridized carbons (Fsp3) is 0.208. The monoisotopic (exact) mass is 481 g/mol. The zero-order chi connectivity index (χ0) is 24.3. The van der Waals surface area contributed by atoms with E-state index in [1.54, 1.807) is 12.1 Å². The molecule has 176 valence electrons. The number of hydrogen-bond donors (Lipinski definition) is 3. The topological polar surface area (TPSA) is 131 Å². The largest absolute Gasteiger partial charge is 0.483 e. The van der Waals surface area contributed by atoms with Crippen molar-refractivity contribution in [2.24, 2.45) is 0 Å². The van der Waals surface area contributed by atoms with Crippen molar-refractivity contribution in [3.63, 3.8) is 0 Å². The summed E-state index contributed by atoms with van der Waals surface area (Å²) in [6.07, 6.45) is 1.92. The van der Waals surface area contributed by atoms with Gasteiger partial charge in [-0.15, -0.1) is 0 Å². The van der Waals surface area contributed by atoms with Crippen LogP contribution in [-0.4, -0.2) is 38.8 Å². The molecule has 0 aromatic heterocycles. The average Bonchev–Trinajstić information content (AvgIpc) is 3.60. The van der Waals surface area contributed by atoms with E-state index in [1.807, 2.05) is 29.0 Å². The van der Waals surface area contributed by atoms with Crippen LogP contribution in [0, 0.1) is 0 Å². The molecule has 3 aromatic carbocycles. The van der Waals surface area contributed by atoms with Gasteiger partial charge in [0.2, 0.25) is 5.91 Å². The van der Waals surface area contributed by atoms with Crippen LogP contribution in [0.15, 0.2) is 65.6 Å². The molecule has 1 saturated carbocycles. The lowest BCUT2D eigenvalue weighted by Crippen LogP contribution is -2.30. The summed E-state index contributed by atoms with van der Waals surface area (Å²) in [5.41, 5.74) is 0.574. The Kier molecular flexibility index (Phi) is 6.51. The van der Waals surface area contributed by atoms with E-state index in [4.69, 9.17) is 4.74 Å². The van der Waals surface area contributed by atoms with Crippen LogP contribution in [-0.2, 0) is 19.6 Å². The lowest BCUT2D eigenvalue weighted by atomic mass is 10.1. The van der Waals surface area contributed by atoms with Crippen LogP contribution in [0.1, 0.15) is 30.1 Å². The van der Waals surface area contributed by atoms with Crippen LogP contribution in [0.3, 0.4) is 0 Å². The highest BCUT2D eigenvalue weighted by atomic mass is 32.2. The van der Waals surface area contributed by atoms with Gasteiger partial charge in [0.15, 0.2) is 6.61 Å². The molecule has 0 atom stereocenters. The molecule has 1 aliphatic carbocycles. The number of carbonyl (C=O) groups excluding carboxylic acids is 3. The van der Waals surface area contributed by atoms with Gasteiger partial charge in [0, 0.05) is 18.7 Å². The van der Waals surface area contributed by atoms with Gasteiger partial charge in [0.1, 0.15) is 5.75 Å². The molecule has 10 heteroatoms. The summed E-state index contributed by atoms with van der Waals surface area (Å²) in [6, 6.07) is 16.4. The molecule has 0 aliphatic heterocycles. The third-order valence-corrected chi connectivity index (χ3v) is 6.54. The first-order valence-electron chi connectivity index (χ1n) is 10.6. The second-order valence-corrected chi connectivity index (χ2v) is 9.65. The minimum atomic E-state index is -3.98. The highest BCUT2D eigenvalue weighted by molar-refractivity contribution is 7.90. The van der Waals surface area contributed by atoms with Gasteiger partial charge in [-0.05, 0) is 60.0 Å². The van der Waals surface area contributed by atoms with E-state index in [0.717, 1.165) is 30.5 Å².